The van der Waals surface area contributed by atoms with Gasteiger partial charge in [-0.3, -0.25) is 4.79 Å². The highest BCUT2D eigenvalue weighted by Gasteiger charge is 2.24. The Morgan fingerprint density at radius 1 is 1.12 bits per heavy atom. The number of hydrogen-bond donors (Lipinski definition) is 2. The van der Waals surface area contributed by atoms with Crippen LogP contribution in [0.5, 0.6) is 0 Å². The first kappa shape index (κ1) is 20.9. The van der Waals surface area contributed by atoms with Crippen molar-refractivity contribution in [3.63, 3.8) is 0 Å². The molecule has 1 unspecified atom stereocenters. The number of likely N-dealkylation sites (N-methyl/N-ethyl adjacent to an activating group) is 1. The summed E-state index contributed by atoms with van der Waals surface area (Å²) < 4.78 is 27.1. The van der Waals surface area contributed by atoms with Crippen LogP contribution in [0.2, 0.25) is 0 Å². The Balaban J connectivity index is 1.90. The van der Waals surface area contributed by atoms with Crippen LogP contribution < -0.4 is 10.6 Å². The van der Waals surface area contributed by atoms with Crippen molar-refractivity contribution in [2.45, 2.75) is 56.4 Å². The first-order chi connectivity index (χ1) is 12.4. The number of sulfonamides is 1. The summed E-state index contributed by atoms with van der Waals surface area (Å²) in [5.74, 6) is 0.00775. The lowest BCUT2D eigenvalue weighted by Gasteiger charge is -2.20. The minimum Gasteiger partial charge on any atom is -0.355 e. The van der Waals surface area contributed by atoms with Gasteiger partial charge in [0.2, 0.25) is 15.9 Å². The van der Waals surface area contributed by atoms with Crippen molar-refractivity contribution in [2.24, 2.45) is 0 Å². The number of aryl methyl sites for hydroxylation is 1. The molecule has 1 saturated heterocycles. The van der Waals surface area contributed by atoms with Crippen LogP contribution in [0.1, 0.15) is 44.6 Å². The lowest BCUT2D eigenvalue weighted by Crippen LogP contribution is -2.37. The third-order valence-electron chi connectivity index (χ3n) is 4.87. The number of carbonyl (C=O) groups is 1. The van der Waals surface area contributed by atoms with E-state index >= 15 is 0 Å². The van der Waals surface area contributed by atoms with E-state index in [-0.39, 0.29) is 11.9 Å². The van der Waals surface area contributed by atoms with Crippen molar-refractivity contribution < 1.29 is 13.2 Å². The molecule has 1 amide bonds. The van der Waals surface area contributed by atoms with Crippen molar-refractivity contribution >= 4 is 15.9 Å². The second-order valence-corrected chi connectivity index (χ2v) is 8.89. The Morgan fingerprint density at radius 3 is 2.31 bits per heavy atom. The molecule has 1 heterocycles. The second kappa shape index (κ2) is 10.0. The topological polar surface area (TPSA) is 78.5 Å². The first-order valence-electron chi connectivity index (χ1n) is 9.46. The van der Waals surface area contributed by atoms with Crippen LogP contribution in [0.4, 0.5) is 0 Å². The normalized spacial score (nSPS) is 17.5. The predicted octanol–water partition coefficient (Wildman–Crippen LogP) is 1.91. The first-order valence-corrected chi connectivity index (χ1v) is 10.9. The third-order valence-corrected chi connectivity index (χ3v) is 6.78. The Bertz CT molecular complexity index is 666. The molecule has 1 atom stereocenters. The number of rotatable bonds is 8. The number of nitrogens with one attached hydrogen (secondary N) is 2. The van der Waals surface area contributed by atoms with Crippen LogP contribution in [-0.2, 0) is 21.2 Å². The SMILES string of the molecule is CNC(C)CNC(=O)CCc1ccc(S(=O)(=O)N2CCCCCC2)cc1. The molecule has 7 heteroatoms. The fourth-order valence-electron chi connectivity index (χ4n) is 2.97. The highest BCUT2D eigenvalue weighted by atomic mass is 32.2. The number of hydrogen-bond acceptors (Lipinski definition) is 4. The molecule has 0 saturated carbocycles. The molecule has 26 heavy (non-hydrogen) atoms. The number of nitrogens with zero attached hydrogens (tertiary/aromatic N) is 1. The number of amides is 1. The molecule has 1 aliphatic heterocycles. The van der Waals surface area contributed by atoms with Crippen LogP contribution >= 0.6 is 0 Å². The van der Waals surface area contributed by atoms with Gasteiger partial charge in [-0.05, 0) is 50.9 Å². The van der Waals surface area contributed by atoms with Crippen LogP contribution in [0.15, 0.2) is 29.2 Å². The molecule has 6 nitrogen and oxygen atoms in total. The summed E-state index contributed by atoms with van der Waals surface area (Å²) in [4.78, 5) is 12.2. The lowest BCUT2D eigenvalue weighted by molar-refractivity contribution is -0.121. The molecule has 0 aromatic heterocycles. The molecule has 1 aliphatic rings. The van der Waals surface area contributed by atoms with Gasteiger partial charge in [-0.1, -0.05) is 25.0 Å². The summed E-state index contributed by atoms with van der Waals surface area (Å²) in [7, 11) is -1.55. The zero-order valence-electron chi connectivity index (χ0n) is 15.8. The van der Waals surface area contributed by atoms with Crippen LogP contribution in [0, 0.1) is 0 Å². The van der Waals surface area contributed by atoms with E-state index < -0.39 is 10.0 Å². The summed E-state index contributed by atoms with van der Waals surface area (Å²) in [5.41, 5.74) is 0.969. The average Bonchev–Trinajstić information content (AvgIpc) is 2.94. The van der Waals surface area contributed by atoms with Crippen molar-refractivity contribution in [3.8, 4) is 0 Å². The minimum absolute atomic E-state index is 0.00775. The van der Waals surface area contributed by atoms with E-state index in [0.29, 0.717) is 37.4 Å². The Hall–Kier alpha value is -1.44. The largest absolute Gasteiger partial charge is 0.355 e. The fraction of sp³-hybridized carbons (Fsp3) is 0.632. The summed E-state index contributed by atoms with van der Waals surface area (Å²) in [5, 5.41) is 5.95. The monoisotopic (exact) mass is 381 g/mol. The van der Waals surface area contributed by atoms with Gasteiger partial charge in [0.25, 0.3) is 0 Å². The van der Waals surface area contributed by atoms with Crippen molar-refractivity contribution in [1.82, 2.24) is 14.9 Å². The molecule has 2 N–H and O–H groups in total. The van der Waals surface area contributed by atoms with E-state index in [1.165, 1.54) is 0 Å². The number of carbonyl (C=O) groups excluding carboxylic acids is 1. The van der Waals surface area contributed by atoms with E-state index in [9.17, 15) is 13.2 Å². The molecule has 0 spiro atoms. The molecule has 0 aliphatic carbocycles. The highest BCUT2D eigenvalue weighted by Crippen LogP contribution is 2.21. The Morgan fingerprint density at radius 2 is 1.73 bits per heavy atom. The van der Waals surface area contributed by atoms with Gasteiger partial charge in [0.1, 0.15) is 0 Å². The van der Waals surface area contributed by atoms with Gasteiger partial charge in [-0.15, -0.1) is 0 Å². The van der Waals surface area contributed by atoms with E-state index in [4.69, 9.17) is 0 Å². The van der Waals surface area contributed by atoms with Gasteiger partial charge >= 0.3 is 0 Å². The molecule has 0 bridgehead atoms. The molecule has 0 radical (unpaired) electrons. The predicted molar refractivity (Wildman–Crippen MR) is 104 cm³/mol. The molecular formula is C19H31N3O3S. The quantitative estimate of drug-likeness (QED) is 0.721. The third kappa shape index (κ3) is 6.07. The van der Waals surface area contributed by atoms with Crippen molar-refractivity contribution in [1.29, 1.82) is 0 Å². The Labute approximate surface area is 157 Å². The maximum absolute atomic E-state index is 12.8. The molecule has 1 aromatic carbocycles. The van der Waals surface area contributed by atoms with Crippen molar-refractivity contribution in [3.05, 3.63) is 29.8 Å². The van der Waals surface area contributed by atoms with Crippen LogP contribution in [0.25, 0.3) is 0 Å². The fourth-order valence-corrected chi connectivity index (χ4v) is 4.49. The minimum atomic E-state index is -3.41. The maximum atomic E-state index is 12.8. The average molecular weight is 382 g/mol. The lowest BCUT2D eigenvalue weighted by atomic mass is 10.1. The molecule has 1 fully saturated rings. The smallest absolute Gasteiger partial charge is 0.243 e. The maximum Gasteiger partial charge on any atom is 0.243 e. The van der Waals surface area contributed by atoms with Crippen LogP contribution in [0.3, 0.4) is 0 Å². The number of benzene rings is 1. The molecule has 1 aromatic rings. The van der Waals surface area contributed by atoms with Crippen LogP contribution in [-0.4, -0.2) is 51.4 Å². The molecule has 146 valence electrons. The second-order valence-electron chi connectivity index (χ2n) is 6.96. The Kier molecular flexibility index (Phi) is 8.06. The van der Waals surface area contributed by atoms with Gasteiger partial charge in [-0.25, -0.2) is 8.42 Å². The van der Waals surface area contributed by atoms with Crippen molar-refractivity contribution in [2.75, 3.05) is 26.7 Å². The van der Waals surface area contributed by atoms with Gasteiger partial charge in [-0.2, -0.15) is 4.31 Å². The summed E-state index contributed by atoms with van der Waals surface area (Å²) in [6.07, 6.45) is 5.05. The van der Waals surface area contributed by atoms with E-state index in [2.05, 4.69) is 10.6 Å². The van der Waals surface area contributed by atoms with Gasteiger partial charge in [0.15, 0.2) is 0 Å². The van der Waals surface area contributed by atoms with Gasteiger partial charge in [0.05, 0.1) is 4.90 Å². The van der Waals surface area contributed by atoms with E-state index in [1.807, 2.05) is 26.1 Å². The zero-order valence-corrected chi connectivity index (χ0v) is 16.6. The summed E-state index contributed by atoms with van der Waals surface area (Å²) in [6, 6.07) is 7.19. The zero-order chi connectivity index (χ0) is 19.0. The summed E-state index contributed by atoms with van der Waals surface area (Å²) in [6.45, 7) is 3.82. The van der Waals surface area contributed by atoms with E-state index in [1.54, 1.807) is 16.4 Å². The summed E-state index contributed by atoms with van der Waals surface area (Å²) >= 11 is 0. The van der Waals surface area contributed by atoms with Gasteiger partial charge in [0, 0.05) is 32.1 Å². The van der Waals surface area contributed by atoms with E-state index in [0.717, 1.165) is 31.2 Å². The standard InChI is InChI=1S/C19H31N3O3S/c1-16(20-2)15-21-19(23)12-9-17-7-10-18(11-8-17)26(24,25)22-13-5-3-4-6-14-22/h7-8,10-11,16,20H,3-6,9,12-15H2,1-2H3,(H,21,23). The molecular weight excluding hydrogens is 350 g/mol. The highest BCUT2D eigenvalue weighted by molar-refractivity contribution is 7.89. The molecule has 2 rings (SSSR count). The van der Waals surface area contributed by atoms with Gasteiger partial charge < -0.3 is 10.6 Å².